The molecule has 3 rings (SSSR count). The van der Waals surface area contributed by atoms with Crippen LogP contribution in [0.5, 0.6) is 0 Å². The molecule has 0 fully saturated rings. The molecule has 0 spiro atoms. The Labute approximate surface area is 141 Å². The van der Waals surface area contributed by atoms with Crippen molar-refractivity contribution in [2.45, 2.75) is 6.42 Å². The van der Waals surface area contributed by atoms with E-state index < -0.39 is 6.26 Å². The molecule has 2 N–H and O–H groups in total. The van der Waals surface area contributed by atoms with E-state index in [0.29, 0.717) is 17.0 Å². The molecule has 0 radical (unpaired) electrons. The van der Waals surface area contributed by atoms with Crippen LogP contribution >= 0.6 is 18.5 Å². The van der Waals surface area contributed by atoms with Gasteiger partial charge in [0.15, 0.2) is 0 Å². The van der Waals surface area contributed by atoms with Gasteiger partial charge in [-0.3, -0.25) is 0 Å². The summed E-state index contributed by atoms with van der Waals surface area (Å²) >= 11 is 4.40. The van der Waals surface area contributed by atoms with E-state index in [1.54, 1.807) is 30.3 Å². The van der Waals surface area contributed by atoms with Gasteiger partial charge in [-0.2, -0.15) is 0 Å². The summed E-state index contributed by atoms with van der Waals surface area (Å²) in [6.45, 7) is 0. The first-order chi connectivity index (χ1) is 11.0. The Morgan fingerprint density at radius 1 is 0.696 bits per heavy atom. The van der Waals surface area contributed by atoms with Crippen LogP contribution in [0.25, 0.3) is 0 Å². The van der Waals surface area contributed by atoms with Gasteiger partial charge >= 0.3 is 141 Å². The number of hydrogen-bond acceptors (Lipinski definition) is 3. The summed E-state index contributed by atoms with van der Waals surface area (Å²) in [5.74, 6) is 0. The van der Waals surface area contributed by atoms with E-state index in [1.165, 1.54) is 0 Å². The second-order valence-electron chi connectivity index (χ2n) is 5.61. The Bertz CT molecular complexity index is 796. The molecule has 0 atom stereocenters. The van der Waals surface area contributed by atoms with Gasteiger partial charge in [-0.1, -0.05) is 0 Å². The Kier molecular flexibility index (Phi) is 4.31. The third-order valence-electron chi connectivity index (χ3n) is 3.90. The van der Waals surface area contributed by atoms with Gasteiger partial charge in [0, 0.05) is 0 Å². The van der Waals surface area contributed by atoms with Crippen LogP contribution in [0.1, 0.15) is 11.1 Å². The Balaban J connectivity index is 2.10. The fraction of sp³-hybridized carbons (Fsp3) is 0.0526. The van der Waals surface area contributed by atoms with E-state index in [2.05, 4.69) is 12.2 Å². The van der Waals surface area contributed by atoms with Gasteiger partial charge in [-0.25, -0.2) is 0 Å². The molecule has 0 saturated carbocycles. The number of thiol groups is 1. The SMILES string of the molecule is OP(O)(S)(c1ccccc1)c1ccccc1Cc1ccccc1. The van der Waals surface area contributed by atoms with E-state index in [4.69, 9.17) is 0 Å². The Morgan fingerprint density at radius 2 is 1.22 bits per heavy atom. The van der Waals surface area contributed by atoms with Gasteiger partial charge in [-0.05, 0) is 0 Å². The predicted molar refractivity (Wildman–Crippen MR) is 102 cm³/mol. The molecule has 0 aliphatic carbocycles. The van der Waals surface area contributed by atoms with Crippen LogP contribution in [-0.4, -0.2) is 9.79 Å². The predicted octanol–water partition coefficient (Wildman–Crippen LogP) is 3.44. The van der Waals surface area contributed by atoms with Crippen molar-refractivity contribution in [2.24, 2.45) is 0 Å². The maximum atomic E-state index is 11.1. The van der Waals surface area contributed by atoms with Gasteiger partial charge in [0.05, 0.1) is 0 Å². The van der Waals surface area contributed by atoms with Crippen LogP contribution < -0.4 is 10.6 Å². The van der Waals surface area contributed by atoms with Crippen molar-refractivity contribution in [2.75, 3.05) is 0 Å². The summed E-state index contributed by atoms with van der Waals surface area (Å²) in [5.41, 5.74) is 1.99. The molecule has 0 bridgehead atoms. The molecule has 0 aromatic heterocycles. The molecule has 3 aromatic rings. The zero-order chi connectivity index (χ0) is 16.4. The maximum absolute atomic E-state index is 11.1. The summed E-state index contributed by atoms with van der Waals surface area (Å²) in [7, 11) is 0. The van der Waals surface area contributed by atoms with Crippen LogP contribution in [0, 0.1) is 0 Å². The zero-order valence-electron chi connectivity index (χ0n) is 12.6. The zero-order valence-corrected chi connectivity index (χ0v) is 14.4. The molecule has 0 saturated heterocycles. The second kappa shape index (κ2) is 6.10. The van der Waals surface area contributed by atoms with Crippen LogP contribution in [-0.2, 0) is 6.42 Å². The first-order valence-electron chi connectivity index (χ1n) is 7.40. The van der Waals surface area contributed by atoms with Crippen LogP contribution in [0.3, 0.4) is 0 Å². The molecule has 0 amide bonds. The molecule has 2 nitrogen and oxygen atoms in total. The third kappa shape index (κ3) is 3.34. The molecule has 0 heterocycles. The molecule has 0 aliphatic heterocycles. The van der Waals surface area contributed by atoms with Crippen molar-refractivity contribution < 1.29 is 9.79 Å². The van der Waals surface area contributed by atoms with Gasteiger partial charge in [0.2, 0.25) is 0 Å². The molecule has 4 heteroatoms. The Morgan fingerprint density at radius 3 is 1.87 bits per heavy atom. The third-order valence-corrected chi connectivity index (χ3v) is 7.82. The normalized spacial score (nSPS) is 13.3. The molecular weight excluding hydrogens is 323 g/mol. The Hall–Kier alpha value is -1.64. The van der Waals surface area contributed by atoms with Gasteiger partial charge in [0.1, 0.15) is 0 Å². The summed E-state index contributed by atoms with van der Waals surface area (Å²) in [6.07, 6.45) is -3.82. The fourth-order valence-corrected chi connectivity index (χ4v) is 5.75. The number of rotatable bonds is 4. The minimum atomic E-state index is -4.45. The minimum absolute atomic E-state index is 0.447. The molecule has 3 aromatic carbocycles. The van der Waals surface area contributed by atoms with Crippen molar-refractivity contribution in [1.29, 1.82) is 0 Å². The van der Waals surface area contributed by atoms with Crippen LogP contribution in [0.15, 0.2) is 84.9 Å². The second-order valence-corrected chi connectivity index (χ2v) is 10.8. The first-order valence-corrected chi connectivity index (χ1v) is 10.7. The number of benzene rings is 3. The van der Waals surface area contributed by atoms with Crippen LogP contribution in [0.2, 0.25) is 0 Å². The monoisotopic (exact) mass is 342 g/mol. The standard InChI is InChI=1S/C19H19O2PS/c20-22(21,23,18-12-5-2-6-13-18)19-14-8-7-11-17(19)15-16-9-3-1-4-10-16/h1-14,20-21,23H,15H2. The fourth-order valence-electron chi connectivity index (χ4n) is 2.72. The molecule has 0 unspecified atom stereocenters. The van der Waals surface area contributed by atoms with E-state index in [-0.39, 0.29) is 0 Å². The summed E-state index contributed by atoms with van der Waals surface area (Å²) in [6, 6.07) is 26.3. The number of hydrogen-bond donors (Lipinski definition) is 3. The van der Waals surface area contributed by atoms with Gasteiger partial charge < -0.3 is 0 Å². The summed E-state index contributed by atoms with van der Waals surface area (Å²) in [4.78, 5) is 22.3. The van der Waals surface area contributed by atoms with E-state index in [0.717, 1.165) is 11.1 Å². The van der Waals surface area contributed by atoms with E-state index in [9.17, 15) is 9.79 Å². The van der Waals surface area contributed by atoms with Crippen molar-refractivity contribution >= 4 is 29.1 Å². The molecular formula is C19H19O2PS. The van der Waals surface area contributed by atoms with E-state index in [1.807, 2.05) is 54.6 Å². The summed E-state index contributed by atoms with van der Waals surface area (Å²) < 4.78 is 0. The molecule has 118 valence electrons. The van der Waals surface area contributed by atoms with Gasteiger partial charge in [0.25, 0.3) is 0 Å². The van der Waals surface area contributed by atoms with Crippen molar-refractivity contribution in [3.05, 3.63) is 96.1 Å². The van der Waals surface area contributed by atoms with Crippen molar-refractivity contribution in [3.63, 3.8) is 0 Å². The molecule has 0 aliphatic rings. The van der Waals surface area contributed by atoms with Crippen LogP contribution in [0.4, 0.5) is 0 Å². The van der Waals surface area contributed by atoms with Crippen molar-refractivity contribution in [1.82, 2.24) is 0 Å². The van der Waals surface area contributed by atoms with Gasteiger partial charge in [-0.15, -0.1) is 0 Å². The van der Waals surface area contributed by atoms with Crippen molar-refractivity contribution in [3.8, 4) is 0 Å². The quantitative estimate of drug-likeness (QED) is 0.502. The average Bonchev–Trinajstić information content (AvgIpc) is 2.57. The summed E-state index contributed by atoms with van der Waals surface area (Å²) in [5, 5.41) is 0.944. The first kappa shape index (κ1) is 16.2. The van der Waals surface area contributed by atoms with E-state index >= 15 is 0 Å². The molecule has 23 heavy (non-hydrogen) atoms. The average molecular weight is 342 g/mol. The topological polar surface area (TPSA) is 40.5 Å².